The van der Waals surface area contributed by atoms with E-state index in [1.54, 1.807) is 11.8 Å². The maximum Gasteiger partial charge on any atom is 0.120 e. The van der Waals surface area contributed by atoms with Crippen LogP contribution >= 0.6 is 0 Å². The molecule has 98 valence electrons. The van der Waals surface area contributed by atoms with Crippen molar-refractivity contribution in [3.05, 3.63) is 42.0 Å². The minimum absolute atomic E-state index is 0.602. The van der Waals surface area contributed by atoms with Crippen LogP contribution in [0, 0.1) is 0 Å². The third-order valence-electron chi connectivity index (χ3n) is 3.38. The maximum absolute atomic E-state index is 4.24. The van der Waals surface area contributed by atoms with Crippen molar-refractivity contribution in [2.75, 3.05) is 0 Å². The highest BCUT2D eigenvalue weighted by Crippen LogP contribution is 2.23. The van der Waals surface area contributed by atoms with Crippen LogP contribution in [0.5, 0.6) is 0 Å². The normalized spacial score (nSPS) is 22.9. The fourth-order valence-electron chi connectivity index (χ4n) is 2.40. The first-order valence-electron chi connectivity index (χ1n) is 6.94. The van der Waals surface area contributed by atoms with E-state index in [0.29, 0.717) is 6.04 Å². The smallest absolute Gasteiger partial charge is 0.120 e. The molecule has 3 nitrogen and oxygen atoms in total. The van der Waals surface area contributed by atoms with Crippen LogP contribution in [-0.2, 0) is 6.54 Å². The molecule has 0 radical (unpaired) electrons. The van der Waals surface area contributed by atoms with Crippen molar-refractivity contribution in [1.29, 1.82) is 0 Å². The molecule has 2 N–H and O–H groups in total. The number of rotatable bonds is 5. The lowest BCUT2D eigenvalue weighted by Crippen LogP contribution is -2.31. The molecule has 0 bridgehead atoms. The summed E-state index contributed by atoms with van der Waals surface area (Å²) >= 11 is 0. The minimum atomic E-state index is 0.602. The number of nitrogens with one attached hydrogen (secondary N) is 2. The van der Waals surface area contributed by atoms with E-state index >= 15 is 0 Å². The molecule has 1 aromatic rings. The predicted molar refractivity (Wildman–Crippen MR) is 75.2 cm³/mol. The predicted octanol–water partition coefficient (Wildman–Crippen LogP) is 3.33. The van der Waals surface area contributed by atoms with Crippen molar-refractivity contribution < 1.29 is 0 Å². The van der Waals surface area contributed by atoms with Gasteiger partial charge in [0.15, 0.2) is 0 Å². The topological polar surface area (TPSA) is 40.7 Å². The van der Waals surface area contributed by atoms with Gasteiger partial charge >= 0.3 is 0 Å². The Morgan fingerprint density at radius 1 is 1.56 bits per heavy atom. The number of H-pyrrole nitrogens is 1. The number of nitrogens with zero attached hydrogens (tertiary/aromatic N) is 1. The van der Waals surface area contributed by atoms with E-state index in [1.807, 2.05) is 6.20 Å². The molecule has 0 aromatic carbocycles. The van der Waals surface area contributed by atoms with Gasteiger partial charge in [-0.2, -0.15) is 0 Å². The van der Waals surface area contributed by atoms with Crippen LogP contribution in [0.25, 0.3) is 0 Å². The van der Waals surface area contributed by atoms with Crippen molar-refractivity contribution in [2.45, 2.75) is 51.6 Å². The Balaban J connectivity index is 1.79. The first-order valence-corrected chi connectivity index (χ1v) is 6.94. The quantitative estimate of drug-likeness (QED) is 0.835. The van der Waals surface area contributed by atoms with E-state index < -0.39 is 0 Å². The Morgan fingerprint density at radius 3 is 3.28 bits per heavy atom. The van der Waals surface area contributed by atoms with Crippen LogP contribution in [0.3, 0.4) is 0 Å². The van der Waals surface area contributed by atoms with Crippen molar-refractivity contribution in [2.24, 2.45) is 0 Å². The molecule has 1 fully saturated rings. The molecule has 1 atom stereocenters. The number of imidazole rings is 1. The van der Waals surface area contributed by atoms with Gasteiger partial charge in [0.25, 0.3) is 0 Å². The zero-order chi connectivity index (χ0) is 12.6. The van der Waals surface area contributed by atoms with E-state index in [9.17, 15) is 0 Å². The first kappa shape index (κ1) is 13.1. The molecular weight excluding hydrogens is 222 g/mol. The van der Waals surface area contributed by atoms with Crippen LogP contribution in [0.1, 0.15) is 44.9 Å². The first-order chi connectivity index (χ1) is 8.88. The van der Waals surface area contributed by atoms with Crippen LogP contribution in [0.4, 0.5) is 0 Å². The zero-order valence-electron chi connectivity index (χ0n) is 11.2. The third kappa shape index (κ3) is 4.15. The fraction of sp³-hybridized carbons (Fsp3) is 0.533. The number of hydrogen-bond acceptors (Lipinski definition) is 2. The summed E-state index contributed by atoms with van der Waals surface area (Å²) in [5.74, 6) is 1.02. The van der Waals surface area contributed by atoms with E-state index in [-0.39, 0.29) is 0 Å². The Morgan fingerprint density at radius 2 is 2.50 bits per heavy atom. The van der Waals surface area contributed by atoms with Gasteiger partial charge in [0.1, 0.15) is 5.82 Å². The maximum atomic E-state index is 4.24. The summed E-state index contributed by atoms with van der Waals surface area (Å²) in [5, 5.41) is 3.59. The van der Waals surface area contributed by atoms with Crippen LogP contribution in [0.2, 0.25) is 0 Å². The van der Waals surface area contributed by atoms with Crippen molar-refractivity contribution in [3.63, 3.8) is 0 Å². The van der Waals surface area contributed by atoms with Gasteiger partial charge in [-0.05, 0) is 32.1 Å². The molecule has 1 unspecified atom stereocenters. The van der Waals surface area contributed by atoms with Crippen molar-refractivity contribution >= 4 is 0 Å². The van der Waals surface area contributed by atoms with Gasteiger partial charge in [-0.1, -0.05) is 30.7 Å². The van der Waals surface area contributed by atoms with Crippen LogP contribution in [-0.4, -0.2) is 16.0 Å². The molecule has 2 rings (SSSR count). The third-order valence-corrected chi connectivity index (χ3v) is 3.38. The second-order valence-corrected chi connectivity index (χ2v) is 4.87. The van der Waals surface area contributed by atoms with E-state index in [0.717, 1.165) is 18.8 Å². The fourth-order valence-corrected chi connectivity index (χ4v) is 2.40. The summed E-state index contributed by atoms with van der Waals surface area (Å²) < 4.78 is 0. The van der Waals surface area contributed by atoms with Crippen molar-refractivity contribution in [3.8, 4) is 0 Å². The molecule has 1 aliphatic rings. The summed E-state index contributed by atoms with van der Waals surface area (Å²) in [6.07, 6.45) is 16.5. The van der Waals surface area contributed by atoms with Gasteiger partial charge in [-0.3, -0.25) is 0 Å². The second kappa shape index (κ2) is 7.17. The molecule has 0 saturated heterocycles. The highest BCUT2D eigenvalue weighted by Gasteiger charge is 2.16. The Bertz CT molecular complexity index is 390. The molecule has 0 aliphatic heterocycles. The average molecular weight is 245 g/mol. The number of aromatic amines is 1. The van der Waals surface area contributed by atoms with E-state index in [1.165, 1.54) is 25.7 Å². The summed E-state index contributed by atoms with van der Waals surface area (Å²) in [6, 6.07) is 0.602. The lowest BCUT2D eigenvalue weighted by Gasteiger charge is -2.24. The summed E-state index contributed by atoms with van der Waals surface area (Å²) in [6.45, 7) is 3.01. The lowest BCUT2D eigenvalue weighted by molar-refractivity contribution is 0.421. The second-order valence-electron chi connectivity index (χ2n) is 4.87. The molecule has 3 heteroatoms. The van der Waals surface area contributed by atoms with E-state index in [4.69, 9.17) is 0 Å². The minimum Gasteiger partial charge on any atom is -0.348 e. The van der Waals surface area contributed by atoms with Gasteiger partial charge in [0, 0.05) is 18.4 Å². The SMILES string of the molecule is CCC=CC=C1CCCC(NCc2ncc[nH]2)C1. The van der Waals surface area contributed by atoms with Gasteiger partial charge in [0.05, 0.1) is 6.54 Å². The van der Waals surface area contributed by atoms with Crippen molar-refractivity contribution in [1.82, 2.24) is 15.3 Å². The molecular formula is C15H23N3. The Labute approximate surface area is 109 Å². The van der Waals surface area contributed by atoms with E-state index in [2.05, 4.69) is 40.4 Å². The summed E-state index contributed by atoms with van der Waals surface area (Å²) in [4.78, 5) is 7.37. The largest absolute Gasteiger partial charge is 0.348 e. The highest BCUT2D eigenvalue weighted by atomic mass is 15.0. The molecule has 1 saturated carbocycles. The van der Waals surface area contributed by atoms with Crippen LogP contribution in [0.15, 0.2) is 36.2 Å². The molecule has 1 heterocycles. The van der Waals surface area contributed by atoms with Gasteiger partial charge in [-0.25, -0.2) is 4.98 Å². The average Bonchev–Trinajstić information content (AvgIpc) is 2.90. The number of allylic oxidation sites excluding steroid dienone is 3. The lowest BCUT2D eigenvalue weighted by atomic mass is 9.90. The zero-order valence-corrected chi connectivity index (χ0v) is 11.2. The molecule has 1 aromatic heterocycles. The van der Waals surface area contributed by atoms with Crippen LogP contribution < -0.4 is 5.32 Å². The monoisotopic (exact) mass is 245 g/mol. The highest BCUT2D eigenvalue weighted by molar-refractivity contribution is 5.15. The number of hydrogen-bond donors (Lipinski definition) is 2. The van der Waals surface area contributed by atoms with Gasteiger partial charge in [-0.15, -0.1) is 0 Å². The van der Waals surface area contributed by atoms with Gasteiger partial charge < -0.3 is 10.3 Å². The number of aromatic nitrogens is 2. The Hall–Kier alpha value is -1.35. The summed E-state index contributed by atoms with van der Waals surface area (Å²) in [5.41, 5.74) is 1.57. The molecule has 18 heavy (non-hydrogen) atoms. The van der Waals surface area contributed by atoms with Gasteiger partial charge in [0.2, 0.25) is 0 Å². The Kier molecular flexibility index (Phi) is 5.21. The standard InChI is InChI=1S/C15H23N3/c1-2-3-4-6-13-7-5-8-14(11-13)18-12-15-16-9-10-17-15/h3-4,6,9-10,14,18H,2,5,7-8,11-12H2,1H3,(H,16,17). The molecule has 0 spiro atoms. The molecule has 0 amide bonds. The summed E-state index contributed by atoms with van der Waals surface area (Å²) in [7, 11) is 0. The molecule has 1 aliphatic carbocycles.